The minimum atomic E-state index is -1.08. The Balaban J connectivity index is 2.40. The molecule has 0 aliphatic heterocycles. The van der Waals surface area contributed by atoms with Crippen molar-refractivity contribution >= 4 is 16.9 Å². The van der Waals surface area contributed by atoms with Gasteiger partial charge < -0.3 is 19.1 Å². The van der Waals surface area contributed by atoms with Crippen molar-refractivity contribution < 1.29 is 23.8 Å². The number of benzene rings is 2. The third-order valence-corrected chi connectivity index (χ3v) is 4.96. The van der Waals surface area contributed by atoms with Gasteiger partial charge in [0.1, 0.15) is 23.4 Å². The van der Waals surface area contributed by atoms with Gasteiger partial charge in [-0.15, -0.1) is 0 Å². The lowest BCUT2D eigenvalue weighted by Gasteiger charge is -2.21. The highest BCUT2D eigenvalue weighted by Crippen LogP contribution is 2.32. The average Bonchev–Trinajstić information content (AvgIpc) is 2.74. The van der Waals surface area contributed by atoms with E-state index in [9.17, 15) is 19.1 Å². The summed E-state index contributed by atoms with van der Waals surface area (Å²) in [5.41, 5.74) is 0.374. The smallest absolute Gasteiger partial charge is 0.326 e. The number of pyridine rings is 1. The number of halogens is 1. The monoisotopic (exact) mass is 413 g/mol. The van der Waals surface area contributed by atoms with Crippen LogP contribution in [0.3, 0.4) is 0 Å². The lowest BCUT2D eigenvalue weighted by molar-refractivity contribution is -0.140. The predicted octanol–water partition coefficient (Wildman–Crippen LogP) is 4.64. The van der Waals surface area contributed by atoms with Crippen molar-refractivity contribution in [2.24, 2.45) is 0 Å². The van der Waals surface area contributed by atoms with Gasteiger partial charge in [0.2, 0.25) is 0 Å². The molecular weight excluding hydrogens is 389 g/mol. The Bertz CT molecular complexity index is 1120. The van der Waals surface area contributed by atoms with E-state index in [1.807, 2.05) is 6.92 Å². The lowest BCUT2D eigenvalue weighted by Crippen LogP contribution is -2.23. The molecule has 1 unspecified atom stereocenters. The normalized spacial score (nSPS) is 12.0. The topological polar surface area (TPSA) is 77.8 Å². The fraction of sp³-hybridized carbons (Fsp3) is 0.304. The van der Waals surface area contributed by atoms with E-state index in [1.54, 1.807) is 31.2 Å². The average molecular weight is 413 g/mol. The van der Waals surface area contributed by atoms with E-state index in [2.05, 4.69) is 0 Å². The predicted molar refractivity (Wildman–Crippen MR) is 113 cm³/mol. The maximum absolute atomic E-state index is 14.9. The van der Waals surface area contributed by atoms with Gasteiger partial charge in [-0.05, 0) is 42.7 Å². The molecule has 158 valence electrons. The highest BCUT2D eigenvalue weighted by atomic mass is 19.1. The minimum Gasteiger partial charge on any atom is -0.497 e. The van der Waals surface area contributed by atoms with Crippen LogP contribution < -0.4 is 14.9 Å². The zero-order valence-corrected chi connectivity index (χ0v) is 17.1. The maximum atomic E-state index is 14.9. The standard InChI is InChI=1S/C23H24FNO5/c1-4-12-30-19-11-10-17(24)20-21(19)25(18(5-2)23(27)28)13-16(22(20)26)14-6-8-15(29-3)9-7-14/h6-11,13,18H,4-5,12H2,1-3H3,(H,27,28). The second-order valence-corrected chi connectivity index (χ2v) is 6.89. The number of aliphatic carboxylic acids is 1. The molecule has 0 amide bonds. The quantitative estimate of drug-likeness (QED) is 0.582. The van der Waals surface area contributed by atoms with Crippen LogP contribution in [0.4, 0.5) is 4.39 Å². The Morgan fingerprint density at radius 3 is 2.43 bits per heavy atom. The van der Waals surface area contributed by atoms with Crippen molar-refractivity contribution in [2.45, 2.75) is 32.7 Å². The van der Waals surface area contributed by atoms with Gasteiger partial charge in [0.25, 0.3) is 0 Å². The Labute approximate surface area is 173 Å². The SMILES string of the molecule is CCCOc1ccc(F)c2c(=O)c(-c3ccc(OC)cc3)cn(C(CC)C(=O)O)c12. The van der Waals surface area contributed by atoms with Crippen LogP contribution in [0.2, 0.25) is 0 Å². The summed E-state index contributed by atoms with van der Waals surface area (Å²) in [6.45, 7) is 4.01. The third kappa shape index (κ3) is 3.87. The summed E-state index contributed by atoms with van der Waals surface area (Å²) in [7, 11) is 1.53. The van der Waals surface area contributed by atoms with Crippen LogP contribution in [0, 0.1) is 5.82 Å². The fourth-order valence-corrected chi connectivity index (χ4v) is 3.46. The molecule has 0 spiro atoms. The maximum Gasteiger partial charge on any atom is 0.326 e. The number of ether oxygens (including phenoxy) is 2. The van der Waals surface area contributed by atoms with E-state index < -0.39 is 23.3 Å². The highest BCUT2D eigenvalue weighted by molar-refractivity contribution is 5.90. The number of carboxylic acids is 1. The summed E-state index contributed by atoms with van der Waals surface area (Å²) in [5, 5.41) is 9.59. The molecule has 0 aliphatic rings. The molecule has 1 aromatic heterocycles. The Hall–Kier alpha value is -3.35. The molecule has 1 N–H and O–H groups in total. The first-order valence-corrected chi connectivity index (χ1v) is 9.80. The molecular formula is C23H24FNO5. The van der Waals surface area contributed by atoms with E-state index in [0.29, 0.717) is 24.3 Å². The number of carbonyl (C=O) groups is 1. The summed E-state index contributed by atoms with van der Waals surface area (Å²) in [5.74, 6) is -0.901. The lowest BCUT2D eigenvalue weighted by atomic mass is 10.0. The van der Waals surface area contributed by atoms with Gasteiger partial charge in [-0.3, -0.25) is 4.79 Å². The Kier molecular flexibility index (Phi) is 6.40. The van der Waals surface area contributed by atoms with Gasteiger partial charge in [0.05, 0.1) is 24.6 Å². The Morgan fingerprint density at radius 1 is 1.17 bits per heavy atom. The van der Waals surface area contributed by atoms with Crippen LogP contribution in [0.5, 0.6) is 11.5 Å². The van der Waals surface area contributed by atoms with Crippen molar-refractivity contribution in [3.8, 4) is 22.6 Å². The molecule has 0 fully saturated rings. The molecule has 7 heteroatoms. The molecule has 1 atom stereocenters. The highest BCUT2D eigenvalue weighted by Gasteiger charge is 2.25. The van der Waals surface area contributed by atoms with Crippen LogP contribution in [0.1, 0.15) is 32.7 Å². The molecule has 0 saturated heterocycles. The van der Waals surface area contributed by atoms with Crippen LogP contribution in [-0.4, -0.2) is 29.4 Å². The second kappa shape index (κ2) is 8.98. The molecule has 30 heavy (non-hydrogen) atoms. The molecule has 3 rings (SSSR count). The molecule has 0 saturated carbocycles. The molecule has 0 aliphatic carbocycles. The third-order valence-electron chi connectivity index (χ3n) is 4.96. The minimum absolute atomic E-state index is 0.153. The number of hydrogen-bond acceptors (Lipinski definition) is 4. The first kappa shape index (κ1) is 21.4. The van der Waals surface area contributed by atoms with Crippen molar-refractivity contribution in [3.63, 3.8) is 0 Å². The number of hydrogen-bond donors (Lipinski definition) is 1. The number of nitrogens with zero attached hydrogens (tertiary/aromatic N) is 1. The first-order chi connectivity index (χ1) is 14.4. The summed E-state index contributed by atoms with van der Waals surface area (Å²) < 4.78 is 27.2. The van der Waals surface area contributed by atoms with Gasteiger partial charge >= 0.3 is 5.97 Å². The van der Waals surface area contributed by atoms with Gasteiger partial charge in [0, 0.05) is 11.8 Å². The molecule has 0 bridgehead atoms. The molecule has 3 aromatic rings. The van der Waals surface area contributed by atoms with Crippen molar-refractivity contribution in [1.29, 1.82) is 0 Å². The van der Waals surface area contributed by atoms with Crippen molar-refractivity contribution in [2.75, 3.05) is 13.7 Å². The zero-order valence-electron chi connectivity index (χ0n) is 17.1. The van der Waals surface area contributed by atoms with Gasteiger partial charge in [-0.2, -0.15) is 0 Å². The van der Waals surface area contributed by atoms with E-state index in [-0.39, 0.29) is 28.6 Å². The van der Waals surface area contributed by atoms with Crippen molar-refractivity contribution in [1.82, 2.24) is 4.57 Å². The Morgan fingerprint density at radius 2 is 1.87 bits per heavy atom. The van der Waals surface area contributed by atoms with E-state index >= 15 is 0 Å². The fourth-order valence-electron chi connectivity index (χ4n) is 3.46. The molecule has 2 aromatic carbocycles. The van der Waals surface area contributed by atoms with Crippen LogP contribution in [0.25, 0.3) is 22.0 Å². The number of methoxy groups -OCH3 is 1. The van der Waals surface area contributed by atoms with Crippen LogP contribution >= 0.6 is 0 Å². The molecule has 6 nitrogen and oxygen atoms in total. The van der Waals surface area contributed by atoms with Crippen molar-refractivity contribution in [3.05, 3.63) is 58.6 Å². The van der Waals surface area contributed by atoms with E-state index in [0.717, 1.165) is 0 Å². The number of aromatic nitrogens is 1. The van der Waals surface area contributed by atoms with Crippen LogP contribution in [-0.2, 0) is 4.79 Å². The first-order valence-electron chi connectivity index (χ1n) is 9.80. The largest absolute Gasteiger partial charge is 0.497 e. The van der Waals surface area contributed by atoms with Crippen LogP contribution in [0.15, 0.2) is 47.4 Å². The van der Waals surface area contributed by atoms with Gasteiger partial charge in [-0.1, -0.05) is 26.0 Å². The summed E-state index contributed by atoms with van der Waals surface area (Å²) in [4.78, 5) is 25.2. The number of rotatable bonds is 8. The number of fused-ring (bicyclic) bond motifs is 1. The second-order valence-electron chi connectivity index (χ2n) is 6.89. The van der Waals surface area contributed by atoms with E-state index in [4.69, 9.17) is 9.47 Å². The molecule has 1 heterocycles. The summed E-state index contributed by atoms with van der Waals surface area (Å²) in [6.07, 6.45) is 2.44. The summed E-state index contributed by atoms with van der Waals surface area (Å²) in [6, 6.07) is 8.37. The number of carboxylic acid groups (broad SMARTS) is 1. The van der Waals surface area contributed by atoms with Gasteiger partial charge in [-0.25, -0.2) is 9.18 Å². The molecule has 0 radical (unpaired) electrons. The van der Waals surface area contributed by atoms with Gasteiger partial charge in [0.15, 0.2) is 5.43 Å². The van der Waals surface area contributed by atoms with E-state index in [1.165, 1.54) is 30.0 Å². The zero-order chi connectivity index (χ0) is 21.8. The summed E-state index contributed by atoms with van der Waals surface area (Å²) >= 11 is 0.